The molecular formula is C12H9OPS. The summed E-state index contributed by atoms with van der Waals surface area (Å²) in [6, 6.07) is 18.0. The molecule has 2 aromatic rings. The largest absolute Gasteiger partial charge is 0.428 e. The maximum Gasteiger partial charge on any atom is 0.205 e. The summed E-state index contributed by atoms with van der Waals surface area (Å²) < 4.78 is 5.38. The molecule has 2 rings (SSSR count). The minimum Gasteiger partial charge on any atom is -0.428 e. The highest BCUT2D eigenvalue weighted by molar-refractivity contribution is 7.94. The summed E-state index contributed by atoms with van der Waals surface area (Å²) in [5, 5.41) is 0. The summed E-state index contributed by atoms with van der Waals surface area (Å²) in [5.41, 5.74) is 2.22. The molecule has 0 radical (unpaired) electrons. The van der Waals surface area contributed by atoms with Crippen LogP contribution in [-0.4, -0.2) is 0 Å². The predicted octanol–water partition coefficient (Wildman–Crippen LogP) is 4.06. The van der Waals surface area contributed by atoms with Gasteiger partial charge in [-0.15, -0.1) is 0 Å². The molecule has 0 spiro atoms. The molecule has 0 amide bonds. The molecule has 0 aliphatic heterocycles. The van der Waals surface area contributed by atoms with E-state index in [1.54, 1.807) is 0 Å². The Morgan fingerprint density at radius 3 is 2.27 bits per heavy atom. The van der Waals surface area contributed by atoms with Crippen LogP contribution in [0.15, 0.2) is 54.6 Å². The Morgan fingerprint density at radius 1 is 0.867 bits per heavy atom. The smallest absolute Gasteiger partial charge is 0.205 e. The van der Waals surface area contributed by atoms with Gasteiger partial charge in [0.25, 0.3) is 0 Å². The summed E-state index contributed by atoms with van der Waals surface area (Å²) in [7, 11) is 0.503. The van der Waals surface area contributed by atoms with Crippen molar-refractivity contribution in [3.63, 3.8) is 0 Å². The molecule has 3 heteroatoms. The normalized spacial score (nSPS) is 10.1. The van der Waals surface area contributed by atoms with E-state index in [1.165, 1.54) is 0 Å². The third-order valence-electron chi connectivity index (χ3n) is 2.11. The molecule has 0 aromatic heterocycles. The lowest BCUT2D eigenvalue weighted by Gasteiger charge is -2.06. The number of para-hydroxylation sites is 1. The van der Waals surface area contributed by atoms with E-state index >= 15 is 0 Å². The van der Waals surface area contributed by atoms with Gasteiger partial charge in [-0.05, 0) is 23.4 Å². The van der Waals surface area contributed by atoms with Crippen molar-refractivity contribution in [3.05, 3.63) is 54.6 Å². The second-order valence-corrected chi connectivity index (χ2v) is 3.81. The third kappa shape index (κ3) is 2.41. The van der Waals surface area contributed by atoms with Crippen LogP contribution in [0.3, 0.4) is 0 Å². The SMILES string of the molecule is S=POc1ccccc1-c1ccccc1. The van der Waals surface area contributed by atoms with Gasteiger partial charge in [-0.3, -0.25) is 0 Å². The van der Waals surface area contributed by atoms with Crippen LogP contribution in [-0.2, 0) is 11.8 Å². The Hall–Kier alpha value is -1.24. The fourth-order valence-corrected chi connectivity index (χ4v) is 1.92. The van der Waals surface area contributed by atoms with Gasteiger partial charge in [0.05, 0.1) is 0 Å². The Kier molecular flexibility index (Phi) is 3.44. The van der Waals surface area contributed by atoms with Crippen LogP contribution in [0.25, 0.3) is 11.1 Å². The Morgan fingerprint density at radius 2 is 1.53 bits per heavy atom. The second kappa shape index (κ2) is 5.01. The van der Waals surface area contributed by atoms with Crippen LogP contribution in [0.1, 0.15) is 0 Å². The predicted molar refractivity (Wildman–Crippen MR) is 66.8 cm³/mol. The van der Waals surface area contributed by atoms with Crippen LogP contribution < -0.4 is 4.52 Å². The van der Waals surface area contributed by atoms with Crippen LogP contribution in [0.4, 0.5) is 0 Å². The lowest BCUT2D eigenvalue weighted by Crippen LogP contribution is -1.82. The zero-order valence-corrected chi connectivity index (χ0v) is 9.67. The molecule has 0 atom stereocenters. The summed E-state index contributed by atoms with van der Waals surface area (Å²) in [4.78, 5) is 0. The quantitative estimate of drug-likeness (QED) is 0.738. The van der Waals surface area contributed by atoms with Crippen molar-refractivity contribution in [2.45, 2.75) is 0 Å². The standard InChI is InChI=1S/C12H9OPS/c15-14-13-12-9-5-4-8-11(12)10-6-2-1-3-7-10/h1-9H. The van der Waals surface area contributed by atoms with Crippen LogP contribution in [0.5, 0.6) is 5.75 Å². The van der Waals surface area contributed by atoms with Gasteiger partial charge in [0.15, 0.2) is 0 Å². The first-order chi connectivity index (χ1) is 7.42. The third-order valence-corrected chi connectivity index (χ3v) is 2.60. The molecule has 0 saturated heterocycles. The highest BCUT2D eigenvalue weighted by atomic mass is 32.4. The van der Waals surface area contributed by atoms with Gasteiger partial charge < -0.3 is 4.52 Å². The van der Waals surface area contributed by atoms with E-state index in [1.807, 2.05) is 42.5 Å². The molecule has 0 heterocycles. The van der Waals surface area contributed by atoms with Gasteiger partial charge in [0.1, 0.15) is 5.75 Å². The minimum absolute atomic E-state index is 0.503. The van der Waals surface area contributed by atoms with E-state index in [-0.39, 0.29) is 0 Å². The maximum atomic E-state index is 5.38. The molecule has 0 unspecified atom stereocenters. The Bertz CT molecular complexity index is 456. The molecule has 0 N–H and O–H groups in total. The number of rotatable bonds is 3. The summed E-state index contributed by atoms with van der Waals surface area (Å²) >= 11 is 4.79. The fraction of sp³-hybridized carbons (Fsp3) is 0. The molecular weight excluding hydrogens is 223 g/mol. The molecule has 0 fully saturated rings. The van der Waals surface area contributed by atoms with Crippen molar-refractivity contribution in [1.82, 2.24) is 0 Å². The second-order valence-electron chi connectivity index (χ2n) is 3.03. The van der Waals surface area contributed by atoms with Gasteiger partial charge in [0, 0.05) is 5.56 Å². The first-order valence-corrected chi connectivity index (χ1v) is 6.38. The highest BCUT2D eigenvalue weighted by Crippen LogP contribution is 2.31. The van der Waals surface area contributed by atoms with Gasteiger partial charge in [-0.2, -0.15) is 0 Å². The van der Waals surface area contributed by atoms with Crippen molar-refractivity contribution >= 4 is 19.4 Å². The van der Waals surface area contributed by atoms with Gasteiger partial charge in [-0.1, -0.05) is 48.5 Å². The molecule has 2 aromatic carbocycles. The van der Waals surface area contributed by atoms with E-state index in [2.05, 4.69) is 12.1 Å². The first kappa shape index (κ1) is 10.3. The van der Waals surface area contributed by atoms with Crippen molar-refractivity contribution in [2.75, 3.05) is 0 Å². The zero-order valence-electron chi connectivity index (χ0n) is 7.96. The molecule has 0 aliphatic rings. The molecule has 0 saturated carbocycles. The van der Waals surface area contributed by atoms with Crippen molar-refractivity contribution in [2.24, 2.45) is 0 Å². The average Bonchev–Trinajstić information content (AvgIpc) is 2.31. The molecule has 74 valence electrons. The van der Waals surface area contributed by atoms with Crippen LogP contribution >= 0.6 is 7.58 Å². The Labute approximate surface area is 95.6 Å². The van der Waals surface area contributed by atoms with Gasteiger partial charge >= 0.3 is 0 Å². The lowest BCUT2D eigenvalue weighted by molar-refractivity contribution is 0.647. The number of benzene rings is 2. The Balaban J connectivity index is 2.48. The lowest BCUT2D eigenvalue weighted by atomic mass is 10.1. The van der Waals surface area contributed by atoms with Crippen LogP contribution in [0, 0.1) is 0 Å². The molecule has 0 aliphatic carbocycles. The van der Waals surface area contributed by atoms with Crippen LogP contribution in [0.2, 0.25) is 0 Å². The number of hydrogen-bond donors (Lipinski definition) is 0. The zero-order chi connectivity index (χ0) is 10.5. The van der Waals surface area contributed by atoms with Crippen molar-refractivity contribution < 1.29 is 4.52 Å². The van der Waals surface area contributed by atoms with E-state index in [4.69, 9.17) is 16.3 Å². The van der Waals surface area contributed by atoms with E-state index in [0.717, 1.165) is 16.9 Å². The molecule has 0 bridgehead atoms. The van der Waals surface area contributed by atoms with E-state index in [9.17, 15) is 0 Å². The minimum atomic E-state index is 0.503. The van der Waals surface area contributed by atoms with E-state index in [0.29, 0.717) is 7.58 Å². The summed E-state index contributed by atoms with van der Waals surface area (Å²) in [6.07, 6.45) is 0. The topological polar surface area (TPSA) is 9.23 Å². The maximum absolute atomic E-state index is 5.38. The van der Waals surface area contributed by atoms with Crippen molar-refractivity contribution in [3.8, 4) is 16.9 Å². The van der Waals surface area contributed by atoms with Crippen molar-refractivity contribution in [1.29, 1.82) is 0 Å². The van der Waals surface area contributed by atoms with Gasteiger partial charge in [-0.25, -0.2) is 0 Å². The monoisotopic (exact) mass is 232 g/mol. The summed E-state index contributed by atoms with van der Waals surface area (Å²) in [6.45, 7) is 0. The summed E-state index contributed by atoms with van der Waals surface area (Å²) in [5.74, 6) is 0.834. The van der Waals surface area contributed by atoms with Gasteiger partial charge in [0.2, 0.25) is 7.58 Å². The average molecular weight is 232 g/mol. The number of hydrogen-bond acceptors (Lipinski definition) is 2. The fourth-order valence-electron chi connectivity index (χ4n) is 1.44. The molecule has 1 nitrogen and oxygen atoms in total. The van der Waals surface area contributed by atoms with E-state index < -0.39 is 0 Å². The first-order valence-electron chi connectivity index (χ1n) is 4.56. The highest BCUT2D eigenvalue weighted by Gasteiger charge is 2.03. The molecule has 15 heavy (non-hydrogen) atoms.